The minimum absolute atomic E-state index is 0.0387. The fourth-order valence-corrected chi connectivity index (χ4v) is 3.44. The van der Waals surface area contributed by atoms with Gasteiger partial charge in [-0.2, -0.15) is 0 Å². The summed E-state index contributed by atoms with van der Waals surface area (Å²) in [6.07, 6.45) is 4.65. The molecule has 2 fully saturated rings. The molecule has 0 radical (unpaired) electrons. The Bertz CT molecular complexity index is 374. The quantitative estimate of drug-likeness (QED) is 0.557. The van der Waals surface area contributed by atoms with Crippen LogP contribution in [0.3, 0.4) is 0 Å². The lowest BCUT2D eigenvalue weighted by molar-refractivity contribution is -0.155. The zero-order valence-corrected chi connectivity index (χ0v) is 10.9. The van der Waals surface area contributed by atoms with E-state index in [1.54, 1.807) is 6.92 Å². The predicted octanol–water partition coefficient (Wildman–Crippen LogP) is 2.05. The van der Waals surface area contributed by atoms with Crippen molar-refractivity contribution < 1.29 is 19.1 Å². The molecule has 4 heteroatoms. The molecule has 0 bridgehead atoms. The molecule has 4 nitrogen and oxygen atoms in total. The van der Waals surface area contributed by atoms with Crippen molar-refractivity contribution >= 4 is 17.5 Å². The highest BCUT2D eigenvalue weighted by molar-refractivity contribution is 6.02. The van der Waals surface area contributed by atoms with Gasteiger partial charge in [0.2, 0.25) is 0 Å². The number of hydrogen-bond acceptors (Lipinski definition) is 4. The molecule has 1 spiro atoms. The molecule has 18 heavy (non-hydrogen) atoms. The fourth-order valence-electron chi connectivity index (χ4n) is 3.44. The van der Waals surface area contributed by atoms with Gasteiger partial charge in [0.25, 0.3) is 0 Å². The van der Waals surface area contributed by atoms with E-state index >= 15 is 0 Å². The third-order valence-corrected chi connectivity index (χ3v) is 4.26. The molecule has 0 saturated heterocycles. The number of ketones is 2. The van der Waals surface area contributed by atoms with Crippen LogP contribution in [0.1, 0.15) is 51.9 Å². The Morgan fingerprint density at radius 3 is 2.78 bits per heavy atom. The van der Waals surface area contributed by atoms with Crippen molar-refractivity contribution in [2.24, 2.45) is 11.3 Å². The SMILES string of the molecule is CCOC(=O)C1C(=O)CCC12CCCCC(=O)C2. The lowest BCUT2D eigenvalue weighted by Crippen LogP contribution is -2.37. The number of ether oxygens (including phenoxy) is 1. The van der Waals surface area contributed by atoms with Gasteiger partial charge in [0.05, 0.1) is 6.61 Å². The van der Waals surface area contributed by atoms with Crippen LogP contribution in [0.25, 0.3) is 0 Å². The van der Waals surface area contributed by atoms with E-state index in [0.717, 1.165) is 19.3 Å². The minimum atomic E-state index is -0.695. The summed E-state index contributed by atoms with van der Waals surface area (Å²) in [6.45, 7) is 2.02. The van der Waals surface area contributed by atoms with E-state index in [9.17, 15) is 14.4 Å². The molecular weight excluding hydrogens is 232 g/mol. The topological polar surface area (TPSA) is 60.4 Å². The van der Waals surface area contributed by atoms with E-state index in [2.05, 4.69) is 0 Å². The number of esters is 1. The monoisotopic (exact) mass is 252 g/mol. The molecule has 0 amide bonds. The molecule has 0 aromatic rings. The van der Waals surface area contributed by atoms with E-state index in [-0.39, 0.29) is 18.2 Å². The first-order valence-corrected chi connectivity index (χ1v) is 6.80. The highest BCUT2D eigenvalue weighted by atomic mass is 16.5. The Morgan fingerprint density at radius 1 is 1.28 bits per heavy atom. The molecule has 0 N–H and O–H groups in total. The van der Waals surface area contributed by atoms with E-state index in [4.69, 9.17) is 4.74 Å². The molecule has 2 saturated carbocycles. The normalized spacial score (nSPS) is 32.6. The van der Waals surface area contributed by atoms with Gasteiger partial charge < -0.3 is 4.74 Å². The smallest absolute Gasteiger partial charge is 0.317 e. The molecule has 0 aromatic heterocycles. The zero-order valence-electron chi connectivity index (χ0n) is 10.9. The van der Waals surface area contributed by atoms with E-state index in [1.807, 2.05) is 0 Å². The van der Waals surface area contributed by atoms with Gasteiger partial charge in [-0.3, -0.25) is 14.4 Å². The highest BCUT2D eigenvalue weighted by Gasteiger charge is 2.53. The second kappa shape index (κ2) is 5.21. The third kappa shape index (κ3) is 2.33. The summed E-state index contributed by atoms with van der Waals surface area (Å²) >= 11 is 0. The molecule has 0 aromatic carbocycles. The lowest BCUT2D eigenvalue weighted by Gasteiger charge is -2.31. The molecule has 0 heterocycles. The molecule has 2 atom stereocenters. The highest BCUT2D eigenvalue weighted by Crippen LogP contribution is 2.50. The van der Waals surface area contributed by atoms with Gasteiger partial charge in [0, 0.05) is 19.3 Å². The van der Waals surface area contributed by atoms with Gasteiger partial charge in [-0.05, 0) is 31.6 Å². The summed E-state index contributed by atoms with van der Waals surface area (Å²) in [4.78, 5) is 35.8. The van der Waals surface area contributed by atoms with Crippen LogP contribution in [-0.2, 0) is 19.1 Å². The van der Waals surface area contributed by atoms with Gasteiger partial charge in [-0.15, -0.1) is 0 Å². The number of Topliss-reactive ketones (excluding diaryl/α,β-unsaturated/α-hetero) is 2. The molecule has 2 aliphatic rings. The van der Waals surface area contributed by atoms with Crippen molar-refractivity contribution in [3.63, 3.8) is 0 Å². The van der Waals surface area contributed by atoms with Crippen LogP contribution in [0.5, 0.6) is 0 Å². The molecule has 2 aliphatic carbocycles. The van der Waals surface area contributed by atoms with Gasteiger partial charge in [0.1, 0.15) is 17.5 Å². The maximum atomic E-state index is 12.0. The van der Waals surface area contributed by atoms with Gasteiger partial charge in [-0.1, -0.05) is 6.42 Å². The Kier molecular flexibility index (Phi) is 3.83. The van der Waals surface area contributed by atoms with Crippen LogP contribution in [0.4, 0.5) is 0 Å². The van der Waals surface area contributed by atoms with Crippen molar-refractivity contribution in [2.75, 3.05) is 6.61 Å². The largest absolute Gasteiger partial charge is 0.465 e. The van der Waals surface area contributed by atoms with Gasteiger partial charge in [-0.25, -0.2) is 0 Å². The Balaban J connectivity index is 2.25. The predicted molar refractivity (Wildman–Crippen MR) is 64.9 cm³/mol. The minimum Gasteiger partial charge on any atom is -0.465 e. The molecule has 2 unspecified atom stereocenters. The van der Waals surface area contributed by atoms with Crippen LogP contribution in [0.2, 0.25) is 0 Å². The summed E-state index contributed by atoms with van der Waals surface area (Å²) in [5.41, 5.74) is -0.434. The Labute approximate surface area is 107 Å². The lowest BCUT2D eigenvalue weighted by atomic mass is 9.71. The van der Waals surface area contributed by atoms with Crippen molar-refractivity contribution in [2.45, 2.75) is 51.9 Å². The standard InChI is InChI=1S/C14H20O4/c1-2-18-13(17)12-11(16)6-8-14(12)7-4-3-5-10(15)9-14/h12H,2-9H2,1H3. The first-order valence-electron chi connectivity index (χ1n) is 6.80. The average Bonchev–Trinajstić information content (AvgIpc) is 2.50. The first kappa shape index (κ1) is 13.2. The van der Waals surface area contributed by atoms with Crippen molar-refractivity contribution in [1.82, 2.24) is 0 Å². The van der Waals surface area contributed by atoms with Gasteiger partial charge in [0.15, 0.2) is 0 Å². The van der Waals surface area contributed by atoms with Crippen LogP contribution in [0, 0.1) is 11.3 Å². The Morgan fingerprint density at radius 2 is 2.06 bits per heavy atom. The van der Waals surface area contributed by atoms with Crippen molar-refractivity contribution in [3.8, 4) is 0 Å². The molecular formula is C14H20O4. The summed E-state index contributed by atoms with van der Waals surface area (Å²) in [6, 6.07) is 0. The maximum Gasteiger partial charge on any atom is 0.317 e. The molecule has 0 aliphatic heterocycles. The van der Waals surface area contributed by atoms with Crippen LogP contribution in [-0.4, -0.2) is 24.1 Å². The van der Waals surface area contributed by atoms with Crippen LogP contribution in [0.15, 0.2) is 0 Å². The summed E-state index contributed by atoms with van der Waals surface area (Å²) < 4.78 is 5.03. The number of rotatable bonds is 2. The maximum absolute atomic E-state index is 12.0. The van der Waals surface area contributed by atoms with E-state index in [0.29, 0.717) is 25.7 Å². The zero-order chi connectivity index (χ0) is 13.2. The van der Waals surface area contributed by atoms with Crippen LogP contribution >= 0.6 is 0 Å². The van der Waals surface area contributed by atoms with Crippen molar-refractivity contribution in [1.29, 1.82) is 0 Å². The van der Waals surface area contributed by atoms with E-state index in [1.165, 1.54) is 0 Å². The number of carbonyl (C=O) groups excluding carboxylic acids is 3. The van der Waals surface area contributed by atoms with Gasteiger partial charge >= 0.3 is 5.97 Å². The van der Waals surface area contributed by atoms with Crippen molar-refractivity contribution in [3.05, 3.63) is 0 Å². The average molecular weight is 252 g/mol. The third-order valence-electron chi connectivity index (χ3n) is 4.26. The summed E-state index contributed by atoms with van der Waals surface area (Å²) in [5.74, 6) is -0.964. The molecule has 2 rings (SSSR count). The summed E-state index contributed by atoms with van der Waals surface area (Å²) in [7, 11) is 0. The number of carbonyl (C=O) groups is 3. The van der Waals surface area contributed by atoms with Crippen LogP contribution < -0.4 is 0 Å². The fraction of sp³-hybridized carbons (Fsp3) is 0.786. The summed E-state index contributed by atoms with van der Waals surface area (Å²) in [5, 5.41) is 0. The second-order valence-electron chi connectivity index (χ2n) is 5.44. The Hall–Kier alpha value is -1.19. The number of hydrogen-bond donors (Lipinski definition) is 0. The molecule has 100 valence electrons. The first-order chi connectivity index (χ1) is 8.59. The second-order valence-corrected chi connectivity index (χ2v) is 5.44. The van der Waals surface area contributed by atoms with E-state index < -0.39 is 17.3 Å².